The summed E-state index contributed by atoms with van der Waals surface area (Å²) >= 11 is 2.91. The van der Waals surface area contributed by atoms with Gasteiger partial charge in [0.15, 0.2) is 0 Å². The number of carbonyl (C=O) groups is 3. The number of nitrogens with one attached hydrogen (secondary N) is 1. The maximum atomic E-state index is 13.3. The molecule has 1 aromatic heterocycles. The van der Waals surface area contributed by atoms with Gasteiger partial charge < -0.3 is 15.0 Å². The molecule has 0 unspecified atom stereocenters. The van der Waals surface area contributed by atoms with E-state index < -0.39 is 5.97 Å². The first-order chi connectivity index (χ1) is 16.3. The predicted octanol–water partition coefficient (Wildman–Crippen LogP) is 2.45. The molecule has 1 aromatic carbocycles. The molecule has 4 aliphatic rings. The number of hydrogen-bond donors (Lipinski definition) is 2. The molecule has 10 heteroatoms. The summed E-state index contributed by atoms with van der Waals surface area (Å²) < 4.78 is 0. The van der Waals surface area contributed by atoms with E-state index in [0.29, 0.717) is 0 Å². The first-order valence-electron chi connectivity index (χ1n) is 11.5. The number of aromatic amines is 1. The summed E-state index contributed by atoms with van der Waals surface area (Å²) in [4.78, 5) is 57.1. The normalized spacial score (nSPS) is 33.1. The van der Waals surface area contributed by atoms with Crippen LogP contribution in [-0.4, -0.2) is 58.7 Å². The molecule has 2 bridgehead atoms. The number of benzene rings is 1. The Hall–Kier alpha value is -2.59. The highest BCUT2D eigenvalue weighted by Gasteiger charge is 2.69. The van der Waals surface area contributed by atoms with Crippen LogP contribution in [0.5, 0.6) is 0 Å². The number of nitrogens with zero attached hydrogens (tertiary/aromatic N) is 2. The van der Waals surface area contributed by atoms with Crippen molar-refractivity contribution in [3.8, 4) is 0 Å². The van der Waals surface area contributed by atoms with Gasteiger partial charge in [0.2, 0.25) is 11.8 Å². The second kappa shape index (κ2) is 7.71. The van der Waals surface area contributed by atoms with Crippen LogP contribution in [0.4, 0.5) is 5.69 Å². The molecule has 1 saturated heterocycles. The van der Waals surface area contributed by atoms with Gasteiger partial charge in [0.1, 0.15) is 0 Å². The fourth-order valence-corrected chi connectivity index (χ4v) is 9.75. The zero-order chi connectivity index (χ0) is 23.9. The lowest BCUT2D eigenvalue weighted by Crippen LogP contribution is -2.42. The number of aromatic nitrogens is 1. The fraction of sp³-hybridized carbons (Fsp3) is 0.500. The van der Waals surface area contributed by atoms with E-state index in [4.69, 9.17) is 5.11 Å². The van der Waals surface area contributed by atoms with Crippen LogP contribution in [0.1, 0.15) is 29.2 Å². The standard InChI is InChI=1S/C24H25N3O5S2/c1-26(2)11-5-3-10(4-6-11)15-16-12-9-13(19(16)33-21-20(15)34-24(32)25-21)18-17(12)22(30)27(23(18)31)8-7-14(28)29/h3-6,12-13,15-19H,7-9H2,1-2H3,(H,25,32)(H,28,29)/t12-,13+,15-,16+,17+,18+,19+/m0/s1. The molecule has 2 aliphatic carbocycles. The first kappa shape index (κ1) is 21.9. The van der Waals surface area contributed by atoms with Gasteiger partial charge in [0.25, 0.3) is 0 Å². The Morgan fingerprint density at radius 3 is 2.44 bits per heavy atom. The zero-order valence-corrected chi connectivity index (χ0v) is 20.4. The second-order valence-electron chi connectivity index (χ2n) is 9.92. The Morgan fingerprint density at radius 2 is 1.79 bits per heavy atom. The third-order valence-electron chi connectivity index (χ3n) is 8.13. The number of fused-ring (bicyclic) bond motifs is 9. The molecule has 7 atom stereocenters. The van der Waals surface area contributed by atoms with Crippen molar-refractivity contribution in [1.29, 1.82) is 0 Å². The van der Waals surface area contributed by atoms with E-state index in [1.54, 1.807) is 11.8 Å². The van der Waals surface area contributed by atoms with Crippen molar-refractivity contribution in [2.24, 2.45) is 29.6 Å². The average molecular weight is 500 g/mol. The number of amides is 2. The SMILES string of the molecule is CN(C)c1ccc([C@@H]2c3sc(=O)[nH]c3S[C@@H]3[C@@H]4C[C@H]([C@H]5C(=O)N(CCC(=O)O)C(=O)[C@H]45)[C@H]23)cc1. The van der Waals surface area contributed by atoms with E-state index in [-0.39, 0.29) is 70.4 Å². The summed E-state index contributed by atoms with van der Waals surface area (Å²) in [5.41, 5.74) is 2.22. The van der Waals surface area contributed by atoms with Gasteiger partial charge in [-0.2, -0.15) is 0 Å². The zero-order valence-electron chi connectivity index (χ0n) is 18.8. The molecule has 3 heterocycles. The predicted molar refractivity (Wildman–Crippen MR) is 128 cm³/mol. The summed E-state index contributed by atoms with van der Waals surface area (Å²) in [6.07, 6.45) is 0.598. The molecule has 0 radical (unpaired) electrons. The Morgan fingerprint density at radius 1 is 1.12 bits per heavy atom. The number of carbonyl (C=O) groups excluding carboxylic acids is 2. The molecule has 3 fully saturated rings. The molecule has 0 spiro atoms. The van der Waals surface area contributed by atoms with Crippen molar-refractivity contribution in [1.82, 2.24) is 9.88 Å². The smallest absolute Gasteiger partial charge is 0.305 e. The van der Waals surface area contributed by atoms with Crippen molar-refractivity contribution in [3.05, 3.63) is 44.4 Å². The van der Waals surface area contributed by atoms with Crippen LogP contribution >= 0.6 is 23.1 Å². The van der Waals surface area contributed by atoms with Gasteiger partial charge in [-0.25, -0.2) is 0 Å². The number of carboxylic acid groups (broad SMARTS) is 1. The molecular weight excluding hydrogens is 474 g/mol. The molecular formula is C24H25N3O5S2. The van der Waals surface area contributed by atoms with Crippen molar-refractivity contribution in [3.63, 3.8) is 0 Å². The largest absolute Gasteiger partial charge is 0.481 e. The van der Waals surface area contributed by atoms with Crippen LogP contribution in [-0.2, 0) is 14.4 Å². The van der Waals surface area contributed by atoms with Gasteiger partial charge in [0, 0.05) is 42.4 Å². The number of thioether (sulfide) groups is 1. The number of aliphatic carboxylic acids is 1. The van der Waals surface area contributed by atoms with Crippen LogP contribution in [0, 0.1) is 29.6 Å². The lowest BCUT2D eigenvalue weighted by atomic mass is 9.68. The Kier molecular flexibility index (Phi) is 4.97. The molecule has 6 rings (SSSR count). The van der Waals surface area contributed by atoms with Crippen LogP contribution in [0.3, 0.4) is 0 Å². The Balaban J connectivity index is 1.40. The highest BCUT2D eigenvalue weighted by molar-refractivity contribution is 8.00. The van der Waals surface area contributed by atoms with Gasteiger partial charge in [0.05, 0.1) is 23.3 Å². The van der Waals surface area contributed by atoms with Gasteiger partial charge >= 0.3 is 10.8 Å². The third-order valence-corrected chi connectivity index (χ3v) is 10.7. The number of anilines is 1. The number of hydrogen-bond acceptors (Lipinski definition) is 7. The van der Waals surface area contributed by atoms with Gasteiger partial charge in [-0.3, -0.25) is 24.1 Å². The first-order valence-corrected chi connectivity index (χ1v) is 13.2. The molecule has 2 N–H and O–H groups in total. The minimum atomic E-state index is -1.01. The molecule has 178 valence electrons. The fourth-order valence-electron chi connectivity index (χ4n) is 6.86. The quantitative estimate of drug-likeness (QED) is 0.608. The minimum absolute atomic E-state index is 0.00617. The number of thiazole rings is 1. The molecule has 34 heavy (non-hydrogen) atoms. The molecule has 8 nitrogen and oxygen atoms in total. The van der Waals surface area contributed by atoms with Crippen molar-refractivity contribution in [2.45, 2.75) is 29.0 Å². The van der Waals surface area contributed by atoms with Gasteiger partial charge in [-0.1, -0.05) is 23.5 Å². The second-order valence-corrected chi connectivity index (χ2v) is 12.1. The topological polar surface area (TPSA) is 111 Å². The molecule has 2 saturated carbocycles. The number of likely N-dealkylation sites (tertiary alicyclic amines) is 1. The van der Waals surface area contributed by atoms with Crippen molar-refractivity contribution >= 4 is 46.6 Å². The lowest BCUT2D eigenvalue weighted by molar-refractivity contribution is -0.142. The van der Waals surface area contributed by atoms with E-state index in [0.717, 1.165) is 27.6 Å². The van der Waals surface area contributed by atoms with Crippen LogP contribution in [0.2, 0.25) is 0 Å². The number of carboxylic acids is 1. The highest BCUT2D eigenvalue weighted by atomic mass is 32.2. The van der Waals surface area contributed by atoms with Gasteiger partial charge in [-0.15, -0.1) is 11.8 Å². The number of H-pyrrole nitrogens is 1. The highest BCUT2D eigenvalue weighted by Crippen LogP contribution is 2.68. The Bertz CT molecular complexity index is 1250. The van der Waals surface area contributed by atoms with Gasteiger partial charge in [-0.05, 0) is 41.9 Å². The minimum Gasteiger partial charge on any atom is -0.481 e. The Labute approximate surface area is 204 Å². The van der Waals surface area contributed by atoms with E-state index in [2.05, 4.69) is 29.2 Å². The third kappa shape index (κ3) is 3.04. The summed E-state index contributed by atoms with van der Waals surface area (Å²) in [6.45, 7) is -0.0575. The maximum Gasteiger partial charge on any atom is 0.305 e. The summed E-state index contributed by atoms with van der Waals surface area (Å²) in [5, 5.41) is 10.1. The van der Waals surface area contributed by atoms with E-state index >= 15 is 0 Å². The van der Waals surface area contributed by atoms with Crippen LogP contribution in [0.15, 0.2) is 34.1 Å². The van der Waals surface area contributed by atoms with Crippen molar-refractivity contribution < 1.29 is 19.5 Å². The monoisotopic (exact) mass is 499 g/mol. The van der Waals surface area contributed by atoms with E-state index in [1.807, 2.05) is 19.0 Å². The van der Waals surface area contributed by atoms with Crippen LogP contribution in [0.25, 0.3) is 0 Å². The lowest BCUT2D eigenvalue weighted by Gasteiger charge is -2.43. The van der Waals surface area contributed by atoms with Crippen molar-refractivity contribution in [2.75, 3.05) is 25.5 Å². The van der Waals surface area contributed by atoms with E-state index in [1.165, 1.54) is 16.2 Å². The summed E-state index contributed by atoms with van der Waals surface area (Å²) in [7, 11) is 3.99. The molecule has 2 aliphatic heterocycles. The van der Waals surface area contributed by atoms with E-state index in [9.17, 15) is 19.2 Å². The molecule has 2 aromatic rings. The summed E-state index contributed by atoms with van der Waals surface area (Å²) in [5.74, 6) is -1.94. The van der Waals surface area contributed by atoms with Crippen LogP contribution < -0.4 is 9.77 Å². The molecule has 2 amide bonds. The number of rotatable bonds is 5. The number of imide groups is 1. The average Bonchev–Trinajstić information content (AvgIpc) is 3.51. The summed E-state index contributed by atoms with van der Waals surface area (Å²) in [6, 6.07) is 8.39. The maximum absolute atomic E-state index is 13.3.